The van der Waals surface area contributed by atoms with E-state index in [0.29, 0.717) is 6.54 Å². The van der Waals surface area contributed by atoms with Crippen LogP contribution in [-0.2, 0) is 4.79 Å². The standard InChI is InChI=1S/C8H15N5O/c9-12-11-7-8(14)10-3-6-13-4-1-2-5-13/h1-7H2,(H,10,14). The molecule has 0 atom stereocenters. The molecule has 0 radical (unpaired) electrons. The van der Waals surface area contributed by atoms with Crippen molar-refractivity contribution < 1.29 is 4.79 Å². The second-order valence-corrected chi connectivity index (χ2v) is 3.29. The van der Waals surface area contributed by atoms with Crippen LogP contribution in [0.5, 0.6) is 0 Å². The van der Waals surface area contributed by atoms with E-state index < -0.39 is 0 Å². The molecule has 1 aliphatic rings. The van der Waals surface area contributed by atoms with Crippen LogP contribution in [0.2, 0.25) is 0 Å². The highest BCUT2D eigenvalue weighted by Gasteiger charge is 2.10. The summed E-state index contributed by atoms with van der Waals surface area (Å²) in [6.07, 6.45) is 2.51. The Labute approximate surface area is 82.9 Å². The minimum absolute atomic E-state index is 0.101. The Morgan fingerprint density at radius 1 is 1.50 bits per heavy atom. The lowest BCUT2D eigenvalue weighted by molar-refractivity contribution is -0.119. The number of carbonyl (C=O) groups is 1. The lowest BCUT2D eigenvalue weighted by atomic mass is 10.4. The van der Waals surface area contributed by atoms with Gasteiger partial charge >= 0.3 is 0 Å². The molecule has 1 heterocycles. The SMILES string of the molecule is [N-]=[N+]=NCC(=O)NCCN1CCCC1. The van der Waals surface area contributed by atoms with Gasteiger partial charge in [-0.15, -0.1) is 0 Å². The van der Waals surface area contributed by atoms with E-state index in [-0.39, 0.29) is 12.5 Å². The quantitative estimate of drug-likeness (QED) is 0.396. The summed E-state index contributed by atoms with van der Waals surface area (Å²) in [4.78, 5) is 15.8. The van der Waals surface area contributed by atoms with Crippen LogP contribution in [0, 0.1) is 0 Å². The molecule has 0 aromatic carbocycles. The minimum atomic E-state index is -0.206. The maximum Gasteiger partial charge on any atom is 0.225 e. The van der Waals surface area contributed by atoms with Crippen molar-refractivity contribution >= 4 is 5.91 Å². The summed E-state index contributed by atoms with van der Waals surface area (Å²) in [6.45, 7) is 3.69. The third-order valence-electron chi connectivity index (χ3n) is 2.23. The molecule has 14 heavy (non-hydrogen) atoms. The molecule has 0 aromatic heterocycles. The Morgan fingerprint density at radius 2 is 2.21 bits per heavy atom. The van der Waals surface area contributed by atoms with Gasteiger partial charge in [0.05, 0.1) is 0 Å². The Kier molecular flexibility index (Phi) is 4.82. The van der Waals surface area contributed by atoms with Crippen LogP contribution in [0.4, 0.5) is 0 Å². The number of rotatable bonds is 5. The van der Waals surface area contributed by atoms with Crippen LogP contribution in [0.25, 0.3) is 10.4 Å². The summed E-state index contributed by atoms with van der Waals surface area (Å²) < 4.78 is 0. The molecule has 0 aromatic rings. The van der Waals surface area contributed by atoms with E-state index in [1.807, 2.05) is 0 Å². The zero-order valence-electron chi connectivity index (χ0n) is 8.15. The predicted octanol–water partition coefficient (Wildman–Crippen LogP) is 0.509. The highest BCUT2D eigenvalue weighted by molar-refractivity contribution is 5.78. The van der Waals surface area contributed by atoms with Crippen LogP contribution in [0.3, 0.4) is 0 Å². The molecule has 1 saturated heterocycles. The van der Waals surface area contributed by atoms with E-state index in [2.05, 4.69) is 20.2 Å². The third-order valence-corrected chi connectivity index (χ3v) is 2.23. The third kappa shape index (κ3) is 4.11. The van der Waals surface area contributed by atoms with Crippen LogP contribution >= 0.6 is 0 Å². The minimum Gasteiger partial charge on any atom is -0.355 e. The van der Waals surface area contributed by atoms with Gasteiger partial charge in [-0.2, -0.15) is 0 Å². The van der Waals surface area contributed by atoms with Crippen molar-refractivity contribution in [2.24, 2.45) is 5.11 Å². The smallest absolute Gasteiger partial charge is 0.225 e. The topological polar surface area (TPSA) is 81.1 Å². The van der Waals surface area contributed by atoms with E-state index in [0.717, 1.165) is 19.6 Å². The Hall–Kier alpha value is -1.26. The molecular weight excluding hydrogens is 182 g/mol. The molecule has 0 spiro atoms. The van der Waals surface area contributed by atoms with Crippen LogP contribution in [0.1, 0.15) is 12.8 Å². The maximum atomic E-state index is 11.0. The zero-order chi connectivity index (χ0) is 10.2. The largest absolute Gasteiger partial charge is 0.355 e. The fourth-order valence-corrected chi connectivity index (χ4v) is 1.51. The molecule has 1 aliphatic heterocycles. The maximum absolute atomic E-state index is 11.0. The number of nitrogens with one attached hydrogen (secondary N) is 1. The zero-order valence-corrected chi connectivity index (χ0v) is 8.15. The van der Waals surface area contributed by atoms with Crippen molar-refractivity contribution in [2.75, 3.05) is 32.7 Å². The van der Waals surface area contributed by atoms with Gasteiger partial charge in [0.25, 0.3) is 0 Å². The summed E-state index contributed by atoms with van der Waals surface area (Å²) >= 11 is 0. The Bertz CT molecular complexity index is 230. The first-order valence-electron chi connectivity index (χ1n) is 4.83. The fourth-order valence-electron chi connectivity index (χ4n) is 1.51. The molecule has 78 valence electrons. The van der Waals surface area contributed by atoms with Crippen LogP contribution in [-0.4, -0.2) is 43.5 Å². The number of carbonyl (C=O) groups excluding carboxylic acids is 1. The van der Waals surface area contributed by atoms with E-state index in [1.165, 1.54) is 12.8 Å². The van der Waals surface area contributed by atoms with Gasteiger partial charge in [0.2, 0.25) is 5.91 Å². The van der Waals surface area contributed by atoms with E-state index in [1.54, 1.807) is 0 Å². The van der Waals surface area contributed by atoms with Gasteiger partial charge in [0, 0.05) is 18.0 Å². The molecule has 1 rings (SSSR count). The monoisotopic (exact) mass is 197 g/mol. The van der Waals surface area contributed by atoms with Gasteiger partial charge in [-0.3, -0.25) is 4.79 Å². The van der Waals surface area contributed by atoms with E-state index in [9.17, 15) is 4.79 Å². The molecule has 6 nitrogen and oxygen atoms in total. The molecular formula is C8H15N5O. The summed E-state index contributed by atoms with van der Waals surface area (Å²) in [5.41, 5.74) is 7.98. The number of hydrogen-bond donors (Lipinski definition) is 1. The molecule has 1 N–H and O–H groups in total. The normalized spacial score (nSPS) is 16.3. The van der Waals surface area contributed by atoms with E-state index >= 15 is 0 Å². The molecule has 0 unspecified atom stereocenters. The van der Waals surface area contributed by atoms with Crippen molar-refractivity contribution in [1.29, 1.82) is 0 Å². The van der Waals surface area contributed by atoms with E-state index in [4.69, 9.17) is 5.53 Å². The first-order valence-corrected chi connectivity index (χ1v) is 4.83. The highest BCUT2D eigenvalue weighted by atomic mass is 16.1. The fraction of sp³-hybridized carbons (Fsp3) is 0.875. The summed E-state index contributed by atoms with van der Waals surface area (Å²) in [7, 11) is 0. The lowest BCUT2D eigenvalue weighted by Crippen LogP contribution is -2.34. The van der Waals surface area contributed by atoms with Gasteiger partial charge in [-0.25, -0.2) is 0 Å². The molecule has 0 aliphatic carbocycles. The van der Waals surface area contributed by atoms with Crippen molar-refractivity contribution in [3.63, 3.8) is 0 Å². The van der Waals surface area contributed by atoms with Crippen molar-refractivity contribution in [1.82, 2.24) is 10.2 Å². The average Bonchev–Trinajstić information content (AvgIpc) is 2.67. The first-order chi connectivity index (χ1) is 6.83. The van der Waals surface area contributed by atoms with Crippen LogP contribution < -0.4 is 5.32 Å². The molecule has 6 heteroatoms. The van der Waals surface area contributed by atoms with Gasteiger partial charge in [0.15, 0.2) is 0 Å². The summed E-state index contributed by atoms with van der Waals surface area (Å²) in [6, 6.07) is 0. The lowest BCUT2D eigenvalue weighted by Gasteiger charge is -2.14. The number of likely N-dealkylation sites (tertiary alicyclic amines) is 1. The number of amides is 1. The number of azide groups is 1. The average molecular weight is 197 g/mol. The summed E-state index contributed by atoms with van der Waals surface area (Å²) in [5.74, 6) is -0.206. The van der Waals surface area contributed by atoms with Gasteiger partial charge in [0.1, 0.15) is 6.54 Å². The van der Waals surface area contributed by atoms with Crippen molar-refractivity contribution in [3.8, 4) is 0 Å². The van der Waals surface area contributed by atoms with Gasteiger partial charge < -0.3 is 10.2 Å². The van der Waals surface area contributed by atoms with Crippen molar-refractivity contribution in [2.45, 2.75) is 12.8 Å². The van der Waals surface area contributed by atoms with Crippen molar-refractivity contribution in [3.05, 3.63) is 10.4 Å². The Morgan fingerprint density at radius 3 is 2.86 bits per heavy atom. The van der Waals surface area contributed by atoms with Gasteiger partial charge in [-0.1, -0.05) is 5.11 Å². The predicted molar refractivity (Wildman–Crippen MR) is 52.7 cm³/mol. The molecule has 0 bridgehead atoms. The Balaban J connectivity index is 2.02. The number of nitrogens with zero attached hydrogens (tertiary/aromatic N) is 4. The summed E-state index contributed by atoms with van der Waals surface area (Å²) in [5, 5.41) is 5.88. The number of hydrogen-bond acceptors (Lipinski definition) is 3. The second kappa shape index (κ2) is 6.23. The highest BCUT2D eigenvalue weighted by Crippen LogP contribution is 2.05. The van der Waals surface area contributed by atoms with Gasteiger partial charge in [-0.05, 0) is 31.5 Å². The molecule has 0 saturated carbocycles. The first kappa shape index (κ1) is 10.8. The molecule has 1 amide bonds. The van der Waals surface area contributed by atoms with Crippen LogP contribution in [0.15, 0.2) is 5.11 Å². The molecule has 1 fully saturated rings. The second-order valence-electron chi connectivity index (χ2n) is 3.29.